The van der Waals surface area contributed by atoms with Gasteiger partial charge < -0.3 is 15.2 Å². The van der Waals surface area contributed by atoms with Gasteiger partial charge in [0.15, 0.2) is 0 Å². The van der Waals surface area contributed by atoms with E-state index in [4.69, 9.17) is 9.84 Å². The standard InChI is InChI=1S/C12H14FNO4/c1-12(2,18-3)11(17)14-9-7(10(15)16)5-4-6-8(9)13/h4-6H,1-3H3,(H,14,17)(H,15,16). The molecule has 1 aromatic carbocycles. The van der Waals surface area contributed by atoms with E-state index in [-0.39, 0.29) is 11.3 Å². The predicted molar refractivity (Wildman–Crippen MR) is 63.1 cm³/mol. The maximum Gasteiger partial charge on any atom is 0.337 e. The molecule has 0 aliphatic rings. The predicted octanol–water partition coefficient (Wildman–Crippen LogP) is 1.89. The molecule has 1 rings (SSSR count). The highest BCUT2D eigenvalue weighted by Crippen LogP contribution is 2.22. The fourth-order valence-corrected chi connectivity index (χ4v) is 1.19. The molecule has 0 heterocycles. The molecular weight excluding hydrogens is 241 g/mol. The zero-order valence-electron chi connectivity index (χ0n) is 10.3. The number of amides is 1. The molecule has 0 spiro atoms. The lowest BCUT2D eigenvalue weighted by atomic mass is 10.1. The molecule has 0 radical (unpaired) electrons. The second kappa shape index (κ2) is 5.14. The SMILES string of the molecule is COC(C)(C)C(=O)Nc1c(F)cccc1C(=O)O. The highest BCUT2D eigenvalue weighted by atomic mass is 19.1. The third-order valence-corrected chi connectivity index (χ3v) is 2.54. The summed E-state index contributed by atoms with van der Waals surface area (Å²) in [5, 5.41) is 11.1. The number of carbonyl (C=O) groups is 2. The molecular formula is C12H14FNO4. The van der Waals surface area contributed by atoms with Crippen LogP contribution in [0.3, 0.4) is 0 Å². The van der Waals surface area contributed by atoms with E-state index in [9.17, 15) is 14.0 Å². The first-order valence-corrected chi connectivity index (χ1v) is 5.18. The maximum atomic E-state index is 13.5. The van der Waals surface area contributed by atoms with Crippen molar-refractivity contribution in [2.75, 3.05) is 12.4 Å². The van der Waals surface area contributed by atoms with Crippen LogP contribution >= 0.6 is 0 Å². The fraction of sp³-hybridized carbons (Fsp3) is 0.333. The van der Waals surface area contributed by atoms with Gasteiger partial charge >= 0.3 is 5.97 Å². The van der Waals surface area contributed by atoms with Crippen molar-refractivity contribution in [2.24, 2.45) is 0 Å². The molecule has 5 nitrogen and oxygen atoms in total. The Kier molecular flexibility index (Phi) is 4.03. The summed E-state index contributed by atoms with van der Waals surface area (Å²) < 4.78 is 18.5. The number of halogens is 1. The molecule has 0 saturated heterocycles. The Hall–Kier alpha value is -1.95. The van der Waals surface area contributed by atoms with Crippen molar-refractivity contribution in [1.82, 2.24) is 0 Å². The van der Waals surface area contributed by atoms with Gasteiger partial charge in [-0.15, -0.1) is 0 Å². The lowest BCUT2D eigenvalue weighted by molar-refractivity contribution is -0.133. The van der Waals surface area contributed by atoms with E-state index >= 15 is 0 Å². The molecule has 0 atom stereocenters. The minimum absolute atomic E-state index is 0.310. The minimum Gasteiger partial charge on any atom is -0.478 e. The number of benzene rings is 1. The Balaban J connectivity index is 3.12. The average Bonchev–Trinajstić information content (AvgIpc) is 2.31. The van der Waals surface area contributed by atoms with E-state index in [1.54, 1.807) is 0 Å². The molecule has 1 aromatic rings. The molecule has 0 aliphatic heterocycles. The first kappa shape index (κ1) is 14.1. The van der Waals surface area contributed by atoms with Crippen LogP contribution in [-0.4, -0.2) is 29.7 Å². The molecule has 18 heavy (non-hydrogen) atoms. The van der Waals surface area contributed by atoms with E-state index in [2.05, 4.69) is 5.32 Å². The van der Waals surface area contributed by atoms with E-state index < -0.39 is 23.3 Å². The van der Waals surface area contributed by atoms with Crippen LogP contribution in [0.1, 0.15) is 24.2 Å². The highest BCUT2D eigenvalue weighted by molar-refractivity contribution is 6.03. The largest absolute Gasteiger partial charge is 0.478 e. The summed E-state index contributed by atoms with van der Waals surface area (Å²) in [5.74, 6) is -2.76. The monoisotopic (exact) mass is 255 g/mol. The van der Waals surface area contributed by atoms with Crippen LogP contribution in [0.2, 0.25) is 0 Å². The number of ether oxygens (including phenoxy) is 1. The van der Waals surface area contributed by atoms with E-state index in [1.807, 2.05) is 0 Å². The van der Waals surface area contributed by atoms with Gasteiger partial charge in [0.25, 0.3) is 5.91 Å². The lowest BCUT2D eigenvalue weighted by Gasteiger charge is -2.22. The highest BCUT2D eigenvalue weighted by Gasteiger charge is 2.29. The van der Waals surface area contributed by atoms with Crippen molar-refractivity contribution >= 4 is 17.6 Å². The maximum absolute atomic E-state index is 13.5. The van der Waals surface area contributed by atoms with Gasteiger partial charge in [-0.05, 0) is 26.0 Å². The van der Waals surface area contributed by atoms with Crippen molar-refractivity contribution in [2.45, 2.75) is 19.4 Å². The summed E-state index contributed by atoms with van der Waals surface area (Å²) >= 11 is 0. The fourth-order valence-electron chi connectivity index (χ4n) is 1.19. The Morgan fingerprint density at radius 2 is 2.00 bits per heavy atom. The molecule has 0 saturated carbocycles. The van der Waals surface area contributed by atoms with Gasteiger partial charge in [-0.2, -0.15) is 0 Å². The Morgan fingerprint density at radius 3 is 2.50 bits per heavy atom. The topological polar surface area (TPSA) is 75.6 Å². The second-order valence-electron chi connectivity index (χ2n) is 4.14. The van der Waals surface area contributed by atoms with Crippen molar-refractivity contribution in [1.29, 1.82) is 0 Å². The number of methoxy groups -OCH3 is 1. The van der Waals surface area contributed by atoms with Gasteiger partial charge in [0.1, 0.15) is 11.4 Å². The number of hydrogen-bond donors (Lipinski definition) is 2. The second-order valence-corrected chi connectivity index (χ2v) is 4.14. The van der Waals surface area contributed by atoms with Gasteiger partial charge in [-0.3, -0.25) is 4.79 Å². The quantitative estimate of drug-likeness (QED) is 0.861. The van der Waals surface area contributed by atoms with Crippen LogP contribution in [0.4, 0.5) is 10.1 Å². The summed E-state index contributed by atoms with van der Waals surface area (Å²) in [6, 6.07) is 3.54. The zero-order valence-corrected chi connectivity index (χ0v) is 10.3. The van der Waals surface area contributed by atoms with E-state index in [0.717, 1.165) is 6.07 Å². The van der Waals surface area contributed by atoms with Crippen LogP contribution in [-0.2, 0) is 9.53 Å². The van der Waals surface area contributed by atoms with Crippen LogP contribution in [0.5, 0.6) is 0 Å². The molecule has 2 N–H and O–H groups in total. The summed E-state index contributed by atoms with van der Waals surface area (Å²) in [7, 11) is 1.33. The number of nitrogens with one attached hydrogen (secondary N) is 1. The van der Waals surface area contributed by atoms with Gasteiger partial charge in [0.2, 0.25) is 0 Å². The normalized spacial score (nSPS) is 11.1. The first-order valence-electron chi connectivity index (χ1n) is 5.18. The molecule has 0 unspecified atom stereocenters. The van der Waals surface area contributed by atoms with Gasteiger partial charge in [-0.1, -0.05) is 6.07 Å². The Bertz CT molecular complexity index is 485. The molecule has 0 aliphatic carbocycles. The minimum atomic E-state index is -1.32. The first-order chi connectivity index (χ1) is 8.29. The number of hydrogen-bond acceptors (Lipinski definition) is 3. The van der Waals surface area contributed by atoms with Crippen LogP contribution < -0.4 is 5.32 Å². The summed E-state index contributed by atoms with van der Waals surface area (Å²) in [4.78, 5) is 22.7. The number of rotatable bonds is 4. The molecule has 98 valence electrons. The van der Waals surface area contributed by atoms with E-state index in [1.165, 1.54) is 33.1 Å². The third-order valence-electron chi connectivity index (χ3n) is 2.54. The number of aromatic carboxylic acids is 1. The summed E-state index contributed by atoms with van der Waals surface area (Å²) in [5.41, 5.74) is -1.85. The molecule has 1 amide bonds. The van der Waals surface area contributed by atoms with Crippen molar-refractivity contribution in [3.63, 3.8) is 0 Å². The van der Waals surface area contributed by atoms with Gasteiger partial charge in [0, 0.05) is 7.11 Å². The Labute approximate surface area is 104 Å². The van der Waals surface area contributed by atoms with Crippen molar-refractivity contribution < 1.29 is 23.8 Å². The summed E-state index contributed by atoms with van der Waals surface area (Å²) in [6.07, 6.45) is 0. The van der Waals surface area contributed by atoms with Crippen LogP contribution in [0.25, 0.3) is 0 Å². The van der Waals surface area contributed by atoms with Gasteiger partial charge in [0.05, 0.1) is 11.3 Å². The smallest absolute Gasteiger partial charge is 0.337 e. The lowest BCUT2D eigenvalue weighted by Crippen LogP contribution is -2.39. The number of carbonyl (C=O) groups excluding carboxylic acids is 1. The van der Waals surface area contributed by atoms with E-state index in [0.29, 0.717) is 0 Å². The molecule has 0 aromatic heterocycles. The van der Waals surface area contributed by atoms with Gasteiger partial charge in [-0.25, -0.2) is 9.18 Å². The third kappa shape index (κ3) is 2.84. The molecule has 6 heteroatoms. The molecule has 0 bridgehead atoms. The number of carboxylic acids is 1. The zero-order chi connectivity index (χ0) is 13.9. The van der Waals surface area contributed by atoms with Crippen LogP contribution in [0, 0.1) is 5.82 Å². The van der Waals surface area contributed by atoms with Crippen molar-refractivity contribution in [3.8, 4) is 0 Å². The number of para-hydroxylation sites is 1. The molecule has 0 fully saturated rings. The number of carboxylic acid groups (broad SMARTS) is 1. The summed E-state index contributed by atoms with van der Waals surface area (Å²) in [6.45, 7) is 2.98. The Morgan fingerprint density at radius 1 is 1.39 bits per heavy atom. The average molecular weight is 255 g/mol. The van der Waals surface area contributed by atoms with Crippen LogP contribution in [0.15, 0.2) is 18.2 Å². The van der Waals surface area contributed by atoms with Crippen molar-refractivity contribution in [3.05, 3.63) is 29.6 Å². The number of anilines is 1.